The lowest BCUT2D eigenvalue weighted by Crippen LogP contribution is -2.26. The number of benzene rings is 1. The summed E-state index contributed by atoms with van der Waals surface area (Å²) in [5.74, 6) is -2.59. The van der Waals surface area contributed by atoms with Crippen molar-refractivity contribution in [1.29, 1.82) is 0 Å². The van der Waals surface area contributed by atoms with Crippen molar-refractivity contribution >= 4 is 35.4 Å². The summed E-state index contributed by atoms with van der Waals surface area (Å²) < 4.78 is 21.7. The predicted molar refractivity (Wildman–Crippen MR) is 96.3 cm³/mol. The number of halogens is 1. The smallest absolute Gasteiger partial charge is 0.368 e. The number of hydrogen-bond acceptors (Lipinski definition) is 6. The first-order valence-electron chi connectivity index (χ1n) is 7.30. The number of thioether (sulfide) groups is 1. The summed E-state index contributed by atoms with van der Waals surface area (Å²) in [7, 11) is 0. The topological polar surface area (TPSA) is 61.8 Å². The van der Waals surface area contributed by atoms with Gasteiger partial charge in [0, 0.05) is 18.8 Å². The molecule has 24 heavy (non-hydrogen) atoms. The molecule has 2 N–H and O–H groups in total. The number of hydrogen-bond donors (Lipinski definition) is 2. The number of carbonyl (C=O) groups is 1. The molecule has 0 amide bonds. The fourth-order valence-electron chi connectivity index (χ4n) is 2.17. The van der Waals surface area contributed by atoms with E-state index in [-0.39, 0.29) is 0 Å². The monoisotopic (exact) mass is 370 g/mol. The van der Waals surface area contributed by atoms with Gasteiger partial charge < -0.3 is 14.7 Å². The van der Waals surface area contributed by atoms with E-state index in [1.807, 2.05) is 12.3 Å². The van der Waals surface area contributed by atoms with Crippen LogP contribution in [0.25, 0.3) is 0 Å². The van der Waals surface area contributed by atoms with Gasteiger partial charge in [-0.2, -0.15) is 4.39 Å². The lowest BCUT2D eigenvalue weighted by atomic mass is 10.2. The van der Waals surface area contributed by atoms with Gasteiger partial charge >= 0.3 is 5.97 Å². The third-order valence-electron chi connectivity index (χ3n) is 3.44. The molecule has 0 aliphatic carbocycles. The Labute approximate surface area is 149 Å². The standard InChI is InChI=1S/C16H19FN2O3S2/c1-4-10(2)19-6-5-18-24-14-8-13(15(23-3)7-12(14)19)22-9-11(17)16(20)21/h7-9,18H,2,4-6H2,1,3H3,(H,20,21)/b11-9-. The second kappa shape index (κ2) is 8.46. The molecule has 1 aromatic carbocycles. The zero-order chi connectivity index (χ0) is 17.7. The van der Waals surface area contributed by atoms with E-state index in [0.717, 1.165) is 40.7 Å². The first-order chi connectivity index (χ1) is 11.5. The number of rotatable bonds is 6. The minimum absolute atomic E-state index is 0.413. The SMILES string of the molecule is C=C(CC)N1CCNSc2cc(O/C=C(\F)C(=O)O)c(SC)cc21. The molecule has 1 aromatic rings. The molecule has 2 rings (SSSR count). The van der Waals surface area contributed by atoms with E-state index >= 15 is 0 Å². The molecule has 0 bridgehead atoms. The number of ether oxygens (including phenoxy) is 1. The molecule has 130 valence electrons. The van der Waals surface area contributed by atoms with Gasteiger partial charge in [-0.1, -0.05) is 13.5 Å². The summed E-state index contributed by atoms with van der Waals surface area (Å²) in [4.78, 5) is 14.4. The van der Waals surface area contributed by atoms with Gasteiger partial charge in [-0.05, 0) is 36.8 Å². The maximum absolute atomic E-state index is 13.2. The molecule has 0 atom stereocenters. The molecular formula is C16H19FN2O3S2. The molecule has 0 saturated carbocycles. The quantitative estimate of drug-likeness (QED) is 0.339. The minimum Gasteiger partial charge on any atom is -0.476 e. The highest BCUT2D eigenvalue weighted by atomic mass is 32.2. The maximum atomic E-state index is 13.2. The second-order valence-corrected chi connectivity index (χ2v) is 6.71. The average molecular weight is 370 g/mol. The summed E-state index contributed by atoms with van der Waals surface area (Å²) in [6.07, 6.45) is 3.33. The second-order valence-electron chi connectivity index (χ2n) is 4.93. The van der Waals surface area contributed by atoms with E-state index in [1.54, 1.807) is 6.07 Å². The fourth-order valence-corrected chi connectivity index (χ4v) is 3.49. The van der Waals surface area contributed by atoms with Gasteiger partial charge in [0.1, 0.15) is 12.0 Å². The van der Waals surface area contributed by atoms with E-state index < -0.39 is 11.8 Å². The minimum atomic E-state index is -1.66. The molecule has 0 unspecified atom stereocenters. The Kier molecular flexibility index (Phi) is 6.59. The maximum Gasteiger partial charge on any atom is 0.368 e. The van der Waals surface area contributed by atoms with Crippen LogP contribution in [0.15, 0.2) is 46.3 Å². The van der Waals surface area contributed by atoms with Gasteiger partial charge in [0.2, 0.25) is 5.83 Å². The first kappa shape index (κ1) is 18.7. The highest BCUT2D eigenvalue weighted by molar-refractivity contribution is 7.98. The molecule has 1 aliphatic heterocycles. The van der Waals surface area contributed by atoms with Crippen LogP contribution in [-0.2, 0) is 4.79 Å². The Hall–Kier alpha value is -1.64. The summed E-state index contributed by atoms with van der Waals surface area (Å²) in [5.41, 5.74) is 2.02. The fraction of sp³-hybridized carbons (Fsp3) is 0.312. The van der Waals surface area contributed by atoms with Gasteiger partial charge in [-0.15, -0.1) is 11.8 Å². The van der Waals surface area contributed by atoms with Crippen LogP contribution in [0.3, 0.4) is 0 Å². The number of nitrogens with zero attached hydrogens (tertiary/aromatic N) is 1. The van der Waals surface area contributed by atoms with Gasteiger partial charge in [-0.25, -0.2) is 4.79 Å². The van der Waals surface area contributed by atoms with E-state index in [1.165, 1.54) is 23.7 Å². The lowest BCUT2D eigenvalue weighted by Gasteiger charge is -2.26. The lowest BCUT2D eigenvalue weighted by molar-refractivity contribution is -0.134. The zero-order valence-electron chi connectivity index (χ0n) is 13.5. The normalized spacial score (nSPS) is 14.8. The summed E-state index contributed by atoms with van der Waals surface area (Å²) >= 11 is 2.91. The van der Waals surface area contributed by atoms with Crippen molar-refractivity contribution < 1.29 is 19.0 Å². The third kappa shape index (κ3) is 4.25. The molecule has 5 nitrogen and oxygen atoms in total. The number of anilines is 1. The first-order valence-corrected chi connectivity index (χ1v) is 9.34. The van der Waals surface area contributed by atoms with Crippen LogP contribution in [0, 0.1) is 0 Å². The van der Waals surface area contributed by atoms with Crippen LogP contribution in [0.5, 0.6) is 5.75 Å². The van der Waals surface area contributed by atoms with Crippen LogP contribution < -0.4 is 14.4 Å². The zero-order valence-corrected chi connectivity index (χ0v) is 15.1. The predicted octanol–water partition coefficient (Wildman–Crippen LogP) is 4.02. The van der Waals surface area contributed by atoms with Gasteiger partial charge in [0.15, 0.2) is 0 Å². The highest BCUT2D eigenvalue weighted by Gasteiger charge is 2.20. The Morgan fingerprint density at radius 2 is 2.38 bits per heavy atom. The largest absolute Gasteiger partial charge is 0.476 e. The van der Waals surface area contributed by atoms with E-state index in [2.05, 4.69) is 23.1 Å². The summed E-state index contributed by atoms with van der Waals surface area (Å²) in [6, 6.07) is 3.74. The number of allylic oxidation sites excluding steroid dienone is 1. The van der Waals surface area contributed by atoms with Crippen LogP contribution in [0.4, 0.5) is 10.1 Å². The molecule has 0 fully saturated rings. The van der Waals surface area contributed by atoms with Crippen LogP contribution in [0.1, 0.15) is 13.3 Å². The Balaban J connectivity index is 2.42. The van der Waals surface area contributed by atoms with E-state index in [4.69, 9.17) is 9.84 Å². The molecule has 1 aliphatic rings. The van der Waals surface area contributed by atoms with Crippen molar-refractivity contribution in [2.75, 3.05) is 24.2 Å². The molecule has 0 radical (unpaired) electrons. The number of fused-ring (bicyclic) bond motifs is 1. The van der Waals surface area contributed by atoms with E-state index in [9.17, 15) is 9.18 Å². The van der Waals surface area contributed by atoms with Crippen molar-refractivity contribution in [1.82, 2.24) is 4.72 Å². The Morgan fingerprint density at radius 3 is 3.00 bits per heavy atom. The van der Waals surface area contributed by atoms with Crippen molar-refractivity contribution in [3.05, 3.63) is 36.5 Å². The average Bonchev–Trinajstić information content (AvgIpc) is 2.79. The van der Waals surface area contributed by atoms with Crippen molar-refractivity contribution in [3.63, 3.8) is 0 Å². The Bertz CT molecular complexity index is 680. The molecule has 8 heteroatoms. The van der Waals surface area contributed by atoms with Gasteiger partial charge in [-0.3, -0.25) is 4.72 Å². The van der Waals surface area contributed by atoms with Crippen molar-refractivity contribution in [2.45, 2.75) is 23.1 Å². The third-order valence-corrected chi connectivity index (χ3v) is 5.09. The van der Waals surface area contributed by atoms with Crippen LogP contribution in [0.2, 0.25) is 0 Å². The number of carboxylic acids is 1. The number of aliphatic carboxylic acids is 1. The van der Waals surface area contributed by atoms with Gasteiger partial charge in [0.05, 0.1) is 15.5 Å². The number of carboxylic acid groups (broad SMARTS) is 1. The molecular weight excluding hydrogens is 351 g/mol. The highest BCUT2D eigenvalue weighted by Crippen LogP contribution is 2.41. The van der Waals surface area contributed by atoms with E-state index in [0.29, 0.717) is 12.0 Å². The molecule has 0 aromatic heterocycles. The van der Waals surface area contributed by atoms with Crippen molar-refractivity contribution in [3.8, 4) is 5.75 Å². The Morgan fingerprint density at radius 1 is 1.62 bits per heavy atom. The van der Waals surface area contributed by atoms with Crippen LogP contribution in [-0.4, -0.2) is 30.4 Å². The number of nitrogens with one attached hydrogen (secondary N) is 1. The molecule has 0 spiro atoms. The van der Waals surface area contributed by atoms with Crippen molar-refractivity contribution in [2.24, 2.45) is 0 Å². The summed E-state index contributed by atoms with van der Waals surface area (Å²) in [6.45, 7) is 7.76. The molecule has 0 saturated heterocycles. The van der Waals surface area contributed by atoms with Crippen LogP contribution >= 0.6 is 23.7 Å². The molecule has 1 heterocycles. The summed E-state index contributed by atoms with van der Waals surface area (Å²) in [5, 5.41) is 8.58. The van der Waals surface area contributed by atoms with Gasteiger partial charge in [0.25, 0.3) is 0 Å².